The zero-order chi connectivity index (χ0) is 5.33. The highest BCUT2D eigenvalue weighted by molar-refractivity contribution is 5.60. The van der Waals surface area contributed by atoms with E-state index in [2.05, 4.69) is 18.8 Å². The predicted molar refractivity (Wildman–Crippen MR) is 31.8 cm³/mol. The van der Waals surface area contributed by atoms with Crippen LogP contribution < -0.4 is 0 Å². The van der Waals surface area contributed by atoms with Crippen molar-refractivity contribution in [3.8, 4) is 0 Å². The van der Waals surface area contributed by atoms with Gasteiger partial charge in [-0.2, -0.15) is 0 Å². The minimum atomic E-state index is 0.264. The van der Waals surface area contributed by atoms with E-state index in [9.17, 15) is 0 Å². The van der Waals surface area contributed by atoms with E-state index in [0.29, 0.717) is 0 Å². The molecule has 0 aromatic heterocycles. The molecule has 0 saturated heterocycles. The third kappa shape index (κ3) is 1.02. The van der Waals surface area contributed by atoms with Crippen molar-refractivity contribution in [2.24, 2.45) is 4.99 Å². The predicted octanol–water partition coefficient (Wildman–Crippen LogP) is 1.63. The average molecular weight is 97.2 g/mol. The highest BCUT2D eigenvalue weighted by Crippen LogP contribution is 2.19. The number of nitrogens with zero attached hydrogens (tertiary/aromatic N) is 1. The van der Waals surface area contributed by atoms with E-state index in [1.807, 2.05) is 6.21 Å². The number of rotatable bonds is 0. The van der Waals surface area contributed by atoms with Gasteiger partial charge in [0.2, 0.25) is 0 Å². The molecule has 0 atom stereocenters. The third-order valence-electron chi connectivity index (χ3n) is 1.33. The molecule has 1 nitrogen and oxygen atoms in total. The fourth-order valence-corrected chi connectivity index (χ4v) is 0.794. The van der Waals surface area contributed by atoms with Gasteiger partial charge in [0.15, 0.2) is 0 Å². The molecule has 0 unspecified atom stereocenters. The first-order valence-electron chi connectivity index (χ1n) is 2.74. The van der Waals surface area contributed by atoms with Gasteiger partial charge in [-0.15, -0.1) is 0 Å². The van der Waals surface area contributed by atoms with E-state index in [1.165, 1.54) is 12.8 Å². The van der Waals surface area contributed by atoms with Crippen molar-refractivity contribution in [2.45, 2.75) is 32.2 Å². The van der Waals surface area contributed by atoms with E-state index in [4.69, 9.17) is 0 Å². The summed E-state index contributed by atoms with van der Waals surface area (Å²) in [6.45, 7) is 4.33. The zero-order valence-electron chi connectivity index (χ0n) is 4.94. The Balaban J connectivity index is 2.57. The fraction of sp³-hybridized carbons (Fsp3) is 0.833. The molecule has 0 saturated carbocycles. The molecule has 40 valence electrons. The summed E-state index contributed by atoms with van der Waals surface area (Å²) in [7, 11) is 0. The van der Waals surface area contributed by atoms with Crippen molar-refractivity contribution in [3.63, 3.8) is 0 Å². The monoisotopic (exact) mass is 97.1 g/mol. The summed E-state index contributed by atoms with van der Waals surface area (Å²) in [5, 5.41) is 0. The zero-order valence-corrected chi connectivity index (χ0v) is 4.94. The van der Waals surface area contributed by atoms with E-state index < -0.39 is 0 Å². The summed E-state index contributed by atoms with van der Waals surface area (Å²) in [6, 6.07) is 0. The molecule has 1 rings (SSSR count). The van der Waals surface area contributed by atoms with Gasteiger partial charge in [-0.05, 0) is 32.9 Å². The van der Waals surface area contributed by atoms with Gasteiger partial charge in [0, 0.05) is 0 Å². The molecule has 0 bridgehead atoms. The number of hydrogen-bond donors (Lipinski definition) is 0. The second-order valence-electron chi connectivity index (χ2n) is 2.66. The van der Waals surface area contributed by atoms with Gasteiger partial charge < -0.3 is 0 Å². The number of aliphatic imine (C=N–C) groups is 1. The molecule has 7 heavy (non-hydrogen) atoms. The molecule has 0 radical (unpaired) electrons. The fourth-order valence-electron chi connectivity index (χ4n) is 0.794. The maximum atomic E-state index is 4.24. The summed E-state index contributed by atoms with van der Waals surface area (Å²) < 4.78 is 0. The Labute approximate surface area is 44.5 Å². The Morgan fingerprint density at radius 3 is 2.43 bits per heavy atom. The minimum absolute atomic E-state index is 0.264. The highest BCUT2D eigenvalue weighted by atomic mass is 14.8. The molecular weight excluding hydrogens is 86.1 g/mol. The van der Waals surface area contributed by atoms with Crippen molar-refractivity contribution in [2.75, 3.05) is 0 Å². The molecule has 0 aromatic rings. The lowest BCUT2D eigenvalue weighted by atomic mass is 10.0. The highest BCUT2D eigenvalue weighted by Gasteiger charge is 2.17. The normalized spacial score (nSPS) is 26.0. The van der Waals surface area contributed by atoms with Crippen molar-refractivity contribution in [1.29, 1.82) is 0 Å². The lowest BCUT2D eigenvalue weighted by Crippen LogP contribution is -2.10. The standard InChI is InChI=1S/C6H11N/c1-6(2)4-3-5-7-6/h5H,3-4H2,1-2H3. The van der Waals surface area contributed by atoms with Crippen LogP contribution in [0.15, 0.2) is 4.99 Å². The van der Waals surface area contributed by atoms with Crippen LogP contribution in [0.2, 0.25) is 0 Å². The van der Waals surface area contributed by atoms with Crippen LogP contribution in [-0.4, -0.2) is 11.8 Å². The van der Waals surface area contributed by atoms with E-state index in [-0.39, 0.29) is 5.54 Å². The smallest absolute Gasteiger partial charge is 0.0551 e. The van der Waals surface area contributed by atoms with Crippen molar-refractivity contribution in [3.05, 3.63) is 0 Å². The molecule has 1 heteroatoms. The van der Waals surface area contributed by atoms with Crippen LogP contribution in [0.4, 0.5) is 0 Å². The summed E-state index contributed by atoms with van der Waals surface area (Å²) in [5.74, 6) is 0. The largest absolute Gasteiger partial charge is 0.291 e. The molecule has 1 heterocycles. The van der Waals surface area contributed by atoms with Crippen LogP contribution in [0.25, 0.3) is 0 Å². The van der Waals surface area contributed by atoms with Crippen LogP contribution in [0.3, 0.4) is 0 Å². The van der Waals surface area contributed by atoms with Gasteiger partial charge >= 0.3 is 0 Å². The molecule has 0 amide bonds. The van der Waals surface area contributed by atoms with Crippen LogP contribution in [0.5, 0.6) is 0 Å². The second kappa shape index (κ2) is 1.32. The summed E-state index contributed by atoms with van der Waals surface area (Å²) in [6.07, 6.45) is 4.42. The van der Waals surface area contributed by atoms with Gasteiger partial charge in [0.05, 0.1) is 5.54 Å². The Morgan fingerprint density at radius 2 is 2.29 bits per heavy atom. The lowest BCUT2D eigenvalue weighted by Gasteiger charge is -2.10. The first kappa shape index (κ1) is 4.82. The Morgan fingerprint density at radius 1 is 1.57 bits per heavy atom. The van der Waals surface area contributed by atoms with Crippen LogP contribution >= 0.6 is 0 Å². The molecule has 0 aromatic carbocycles. The van der Waals surface area contributed by atoms with Gasteiger partial charge in [-0.1, -0.05) is 0 Å². The van der Waals surface area contributed by atoms with Gasteiger partial charge in [-0.25, -0.2) is 0 Å². The first-order valence-corrected chi connectivity index (χ1v) is 2.74. The topological polar surface area (TPSA) is 12.4 Å². The summed E-state index contributed by atoms with van der Waals surface area (Å²) >= 11 is 0. The maximum absolute atomic E-state index is 4.24. The number of hydrogen-bond acceptors (Lipinski definition) is 1. The second-order valence-corrected chi connectivity index (χ2v) is 2.66. The molecule has 0 aliphatic carbocycles. The van der Waals surface area contributed by atoms with Crippen LogP contribution in [0.1, 0.15) is 26.7 Å². The van der Waals surface area contributed by atoms with E-state index in [0.717, 1.165) is 0 Å². The van der Waals surface area contributed by atoms with Crippen LogP contribution in [-0.2, 0) is 0 Å². The third-order valence-corrected chi connectivity index (χ3v) is 1.33. The average Bonchev–Trinajstić information content (AvgIpc) is 1.84. The summed E-state index contributed by atoms with van der Waals surface area (Å²) in [4.78, 5) is 4.24. The molecule has 1 aliphatic heterocycles. The quantitative estimate of drug-likeness (QED) is 0.435. The summed E-state index contributed by atoms with van der Waals surface area (Å²) in [5.41, 5.74) is 0.264. The van der Waals surface area contributed by atoms with Crippen molar-refractivity contribution in [1.82, 2.24) is 0 Å². The first-order chi connectivity index (χ1) is 3.21. The molecule has 0 fully saturated rings. The van der Waals surface area contributed by atoms with E-state index >= 15 is 0 Å². The minimum Gasteiger partial charge on any atom is -0.291 e. The Hall–Kier alpha value is -0.330. The van der Waals surface area contributed by atoms with Crippen molar-refractivity contribution >= 4 is 6.21 Å². The Kier molecular flexibility index (Phi) is 0.911. The van der Waals surface area contributed by atoms with Crippen LogP contribution in [0, 0.1) is 0 Å². The van der Waals surface area contributed by atoms with Gasteiger partial charge in [0.25, 0.3) is 0 Å². The molecular formula is C6H11N. The lowest BCUT2D eigenvalue weighted by molar-refractivity contribution is 0.522. The molecule has 0 N–H and O–H groups in total. The van der Waals surface area contributed by atoms with Gasteiger partial charge in [-0.3, -0.25) is 4.99 Å². The van der Waals surface area contributed by atoms with Gasteiger partial charge in [0.1, 0.15) is 0 Å². The van der Waals surface area contributed by atoms with Crippen molar-refractivity contribution < 1.29 is 0 Å². The SMILES string of the molecule is CC1(C)CCC=N1. The molecule has 0 spiro atoms. The van der Waals surface area contributed by atoms with E-state index in [1.54, 1.807) is 0 Å². The Bertz CT molecular complexity index is 92.4. The molecule has 1 aliphatic rings. The maximum Gasteiger partial charge on any atom is 0.0551 e.